The molecule has 1 heterocycles. The van der Waals surface area contributed by atoms with Gasteiger partial charge in [-0.05, 0) is 55.5 Å². The number of anilines is 3. The Kier molecular flexibility index (Phi) is 7.21. The number of amides is 3. The van der Waals surface area contributed by atoms with Crippen molar-refractivity contribution in [1.82, 2.24) is 4.98 Å². The van der Waals surface area contributed by atoms with Crippen molar-refractivity contribution < 1.29 is 27.6 Å². The summed E-state index contributed by atoms with van der Waals surface area (Å²) in [5, 5.41) is 5.65. The lowest BCUT2D eigenvalue weighted by Crippen LogP contribution is -2.38. The summed E-state index contributed by atoms with van der Waals surface area (Å²) in [6.07, 6.45) is -3.64. The number of aryl methyl sites for hydroxylation is 1. The molecule has 0 saturated heterocycles. The van der Waals surface area contributed by atoms with Crippen LogP contribution < -0.4 is 15.5 Å². The summed E-state index contributed by atoms with van der Waals surface area (Å²) in [5.74, 6) is -2.88. The van der Waals surface area contributed by atoms with E-state index in [1.165, 1.54) is 36.5 Å². The standard InChI is InChI=1S/C23H18ClF3N4O3/c1-13-3-9-18(17(11-13)21(33)30-19-10-6-15(24)12-28-19)29-20(32)14-4-7-16(8-5-14)31(2)22(34)23(25,26)27/h3-12H,1-2H3,(H,29,32)(H,28,30,33). The number of nitrogens with zero attached hydrogens (tertiary/aromatic N) is 2. The SMILES string of the molecule is Cc1ccc(NC(=O)c2ccc(N(C)C(=O)C(F)(F)F)cc2)c(C(=O)Nc2ccc(Cl)cn2)c1. The summed E-state index contributed by atoms with van der Waals surface area (Å²) in [6.45, 7) is 1.78. The Morgan fingerprint density at radius 1 is 0.941 bits per heavy atom. The molecule has 3 aromatic rings. The predicted molar refractivity (Wildman–Crippen MR) is 122 cm³/mol. The van der Waals surface area contributed by atoms with Crippen molar-refractivity contribution in [3.8, 4) is 0 Å². The highest BCUT2D eigenvalue weighted by Crippen LogP contribution is 2.24. The highest BCUT2D eigenvalue weighted by molar-refractivity contribution is 6.30. The largest absolute Gasteiger partial charge is 0.471 e. The number of pyridine rings is 1. The van der Waals surface area contributed by atoms with Crippen LogP contribution >= 0.6 is 11.6 Å². The van der Waals surface area contributed by atoms with Gasteiger partial charge in [-0.25, -0.2) is 4.98 Å². The van der Waals surface area contributed by atoms with Crippen LogP contribution in [0.4, 0.5) is 30.4 Å². The third-order valence-corrected chi connectivity index (χ3v) is 4.92. The van der Waals surface area contributed by atoms with Crippen LogP contribution in [-0.2, 0) is 4.79 Å². The lowest BCUT2D eigenvalue weighted by molar-refractivity contribution is -0.170. The number of carbonyl (C=O) groups excluding carboxylic acids is 3. The Labute approximate surface area is 197 Å². The van der Waals surface area contributed by atoms with Crippen LogP contribution in [0.3, 0.4) is 0 Å². The lowest BCUT2D eigenvalue weighted by Gasteiger charge is -2.19. The summed E-state index contributed by atoms with van der Waals surface area (Å²) < 4.78 is 37.9. The summed E-state index contributed by atoms with van der Waals surface area (Å²) >= 11 is 5.80. The molecule has 0 aliphatic rings. The van der Waals surface area contributed by atoms with E-state index in [1.54, 1.807) is 31.2 Å². The van der Waals surface area contributed by atoms with Gasteiger partial charge in [0.25, 0.3) is 11.8 Å². The van der Waals surface area contributed by atoms with Crippen molar-refractivity contribution in [3.63, 3.8) is 0 Å². The van der Waals surface area contributed by atoms with Crippen molar-refractivity contribution in [3.05, 3.63) is 82.5 Å². The molecular formula is C23H18ClF3N4O3. The van der Waals surface area contributed by atoms with E-state index in [2.05, 4.69) is 15.6 Å². The Bertz CT molecular complexity index is 1230. The van der Waals surface area contributed by atoms with Gasteiger partial charge in [0.2, 0.25) is 0 Å². The van der Waals surface area contributed by atoms with Crippen molar-refractivity contribution >= 4 is 46.5 Å². The van der Waals surface area contributed by atoms with E-state index in [0.29, 0.717) is 9.92 Å². The zero-order valence-corrected chi connectivity index (χ0v) is 18.7. The smallest absolute Gasteiger partial charge is 0.321 e. The first-order chi connectivity index (χ1) is 16.0. The first-order valence-electron chi connectivity index (χ1n) is 9.75. The zero-order chi connectivity index (χ0) is 25.0. The van der Waals surface area contributed by atoms with E-state index in [9.17, 15) is 27.6 Å². The topological polar surface area (TPSA) is 91.4 Å². The molecule has 0 saturated carbocycles. The van der Waals surface area contributed by atoms with Crippen LogP contribution in [0.25, 0.3) is 0 Å². The summed E-state index contributed by atoms with van der Waals surface area (Å²) in [5.41, 5.74) is 1.24. The molecule has 0 bridgehead atoms. The van der Waals surface area contributed by atoms with E-state index in [0.717, 1.165) is 12.6 Å². The van der Waals surface area contributed by atoms with Crippen LogP contribution in [0.2, 0.25) is 5.02 Å². The second kappa shape index (κ2) is 9.92. The molecule has 176 valence electrons. The molecule has 7 nitrogen and oxygen atoms in total. The van der Waals surface area contributed by atoms with Crippen LogP contribution in [0, 0.1) is 6.92 Å². The number of hydrogen-bond acceptors (Lipinski definition) is 4. The lowest BCUT2D eigenvalue weighted by atomic mass is 10.1. The number of halogens is 4. The normalized spacial score (nSPS) is 11.0. The number of aromatic nitrogens is 1. The summed E-state index contributed by atoms with van der Waals surface area (Å²) in [4.78, 5) is 41.3. The van der Waals surface area contributed by atoms with Gasteiger partial charge in [-0.1, -0.05) is 23.2 Å². The molecule has 3 rings (SSSR count). The fourth-order valence-corrected chi connectivity index (χ4v) is 3.04. The molecule has 3 amide bonds. The van der Waals surface area contributed by atoms with Crippen LogP contribution in [-0.4, -0.2) is 35.9 Å². The van der Waals surface area contributed by atoms with Gasteiger partial charge in [-0.15, -0.1) is 0 Å². The Hall–Kier alpha value is -3.92. The predicted octanol–water partition coefficient (Wildman–Crippen LogP) is 5.07. The minimum Gasteiger partial charge on any atom is -0.321 e. The van der Waals surface area contributed by atoms with E-state index in [4.69, 9.17) is 11.6 Å². The third kappa shape index (κ3) is 5.90. The van der Waals surface area contributed by atoms with E-state index in [-0.39, 0.29) is 28.3 Å². The average Bonchev–Trinajstić information content (AvgIpc) is 2.80. The Morgan fingerprint density at radius 3 is 2.21 bits per heavy atom. The van der Waals surface area contributed by atoms with Gasteiger partial charge in [0.05, 0.1) is 16.3 Å². The quantitative estimate of drug-likeness (QED) is 0.522. The minimum absolute atomic E-state index is 0.0373. The maximum atomic E-state index is 12.8. The first-order valence-corrected chi connectivity index (χ1v) is 10.1. The summed E-state index contributed by atoms with van der Waals surface area (Å²) in [7, 11) is 0.984. The maximum Gasteiger partial charge on any atom is 0.471 e. The number of alkyl halides is 3. The highest BCUT2D eigenvalue weighted by Gasteiger charge is 2.41. The second-order valence-corrected chi connectivity index (χ2v) is 7.66. The Balaban J connectivity index is 1.77. The van der Waals surface area contributed by atoms with Gasteiger partial charge >= 0.3 is 12.1 Å². The molecule has 1 aromatic heterocycles. The molecule has 0 aliphatic carbocycles. The van der Waals surface area contributed by atoms with Gasteiger partial charge in [0, 0.05) is 24.5 Å². The molecule has 0 atom stereocenters. The number of benzene rings is 2. The van der Waals surface area contributed by atoms with Crippen molar-refractivity contribution in [1.29, 1.82) is 0 Å². The maximum absolute atomic E-state index is 12.8. The van der Waals surface area contributed by atoms with Crippen molar-refractivity contribution in [2.24, 2.45) is 0 Å². The number of rotatable bonds is 5. The molecule has 34 heavy (non-hydrogen) atoms. The fraction of sp³-hybridized carbons (Fsp3) is 0.130. The molecular weight excluding hydrogens is 473 g/mol. The molecule has 11 heteroatoms. The van der Waals surface area contributed by atoms with Gasteiger partial charge in [-0.2, -0.15) is 13.2 Å². The summed E-state index contributed by atoms with van der Waals surface area (Å²) in [6, 6.07) is 12.9. The number of carbonyl (C=O) groups is 3. The fourth-order valence-electron chi connectivity index (χ4n) is 2.93. The molecule has 0 spiro atoms. The molecule has 0 aliphatic heterocycles. The van der Waals surface area contributed by atoms with Crippen molar-refractivity contribution in [2.45, 2.75) is 13.1 Å². The van der Waals surface area contributed by atoms with Crippen molar-refractivity contribution in [2.75, 3.05) is 22.6 Å². The minimum atomic E-state index is -5.02. The van der Waals surface area contributed by atoms with E-state index < -0.39 is 23.9 Å². The molecule has 2 N–H and O–H groups in total. The highest BCUT2D eigenvalue weighted by atomic mass is 35.5. The monoisotopic (exact) mass is 490 g/mol. The second-order valence-electron chi connectivity index (χ2n) is 7.23. The van der Waals surface area contributed by atoms with Gasteiger partial charge in [0.1, 0.15) is 5.82 Å². The number of hydrogen-bond donors (Lipinski definition) is 2. The van der Waals surface area contributed by atoms with E-state index >= 15 is 0 Å². The van der Waals surface area contributed by atoms with Crippen LogP contribution in [0.15, 0.2) is 60.8 Å². The number of nitrogens with one attached hydrogen (secondary N) is 2. The first kappa shape index (κ1) is 24.7. The molecule has 0 radical (unpaired) electrons. The molecule has 2 aromatic carbocycles. The third-order valence-electron chi connectivity index (χ3n) is 4.70. The zero-order valence-electron chi connectivity index (χ0n) is 17.9. The van der Waals surface area contributed by atoms with Crippen LogP contribution in [0.5, 0.6) is 0 Å². The van der Waals surface area contributed by atoms with E-state index in [1.807, 2.05) is 0 Å². The van der Waals surface area contributed by atoms with Gasteiger partial charge in [-0.3, -0.25) is 14.4 Å². The molecule has 0 unspecified atom stereocenters. The van der Waals surface area contributed by atoms with Gasteiger partial charge in [0.15, 0.2) is 0 Å². The average molecular weight is 491 g/mol. The van der Waals surface area contributed by atoms with Gasteiger partial charge < -0.3 is 15.5 Å². The molecule has 0 fully saturated rings. The van der Waals surface area contributed by atoms with Crippen LogP contribution in [0.1, 0.15) is 26.3 Å². The Morgan fingerprint density at radius 2 is 1.62 bits per heavy atom.